The quantitative estimate of drug-likeness (QED) is 0.795. The van der Waals surface area contributed by atoms with Gasteiger partial charge in [-0.05, 0) is 18.6 Å². The second-order valence-corrected chi connectivity index (χ2v) is 3.64. The van der Waals surface area contributed by atoms with Gasteiger partial charge in [0.2, 0.25) is 0 Å². The second-order valence-electron chi connectivity index (χ2n) is 3.64. The number of Topliss-reactive ketones (excluding diaryl/α,β-unsaturated/α-hetero) is 1. The number of rotatable bonds is 4. The van der Waals surface area contributed by atoms with Crippen LogP contribution in [0.4, 0.5) is 0 Å². The summed E-state index contributed by atoms with van der Waals surface area (Å²) in [5.41, 5.74) is 1.31. The molecule has 0 amide bonds. The lowest BCUT2D eigenvalue weighted by Gasteiger charge is -2.01. The van der Waals surface area contributed by atoms with Crippen LogP contribution in [0.5, 0.6) is 0 Å². The smallest absolute Gasteiger partial charge is 0.181 e. The zero-order valence-corrected chi connectivity index (χ0v) is 8.89. The molecule has 0 aliphatic rings. The van der Waals surface area contributed by atoms with Crippen LogP contribution in [0.2, 0.25) is 0 Å². The molecular weight excluding hydrogens is 202 g/mol. The third kappa shape index (κ3) is 2.25. The molecule has 0 spiro atoms. The number of aliphatic hydroxyl groups excluding tert-OH is 1. The molecule has 0 unspecified atom stereocenters. The second kappa shape index (κ2) is 4.86. The van der Waals surface area contributed by atoms with Crippen LogP contribution < -0.4 is 0 Å². The Bertz CT molecular complexity index is 508. The van der Waals surface area contributed by atoms with Gasteiger partial charge in [0.1, 0.15) is 5.69 Å². The standard InChI is InChI=1S/C13H13NO2/c15-9-3-6-13(16)12-8-7-10-4-1-2-5-11(10)14-12/h1-2,4-5,7-8,15H,3,6,9H2. The molecule has 0 fully saturated rings. The van der Waals surface area contributed by atoms with Gasteiger partial charge < -0.3 is 5.11 Å². The lowest BCUT2D eigenvalue weighted by molar-refractivity contribution is 0.0967. The van der Waals surface area contributed by atoms with Gasteiger partial charge >= 0.3 is 0 Å². The first kappa shape index (κ1) is 10.8. The lowest BCUT2D eigenvalue weighted by Crippen LogP contribution is -2.03. The Labute approximate surface area is 93.7 Å². The van der Waals surface area contributed by atoms with Crippen molar-refractivity contribution in [2.75, 3.05) is 6.61 Å². The zero-order chi connectivity index (χ0) is 11.4. The highest BCUT2D eigenvalue weighted by atomic mass is 16.3. The molecule has 0 saturated heterocycles. The Morgan fingerprint density at radius 1 is 1.19 bits per heavy atom. The van der Waals surface area contributed by atoms with Gasteiger partial charge in [0.25, 0.3) is 0 Å². The molecule has 0 aliphatic carbocycles. The number of nitrogens with zero attached hydrogens (tertiary/aromatic N) is 1. The van der Waals surface area contributed by atoms with Crippen molar-refractivity contribution in [2.24, 2.45) is 0 Å². The summed E-state index contributed by atoms with van der Waals surface area (Å²) in [6.45, 7) is 0.0410. The van der Waals surface area contributed by atoms with Crippen molar-refractivity contribution < 1.29 is 9.90 Å². The SMILES string of the molecule is O=C(CCCO)c1ccc2ccccc2n1. The Morgan fingerprint density at radius 3 is 2.81 bits per heavy atom. The molecule has 1 aromatic carbocycles. The summed E-state index contributed by atoms with van der Waals surface area (Å²) < 4.78 is 0. The molecule has 0 bridgehead atoms. The van der Waals surface area contributed by atoms with E-state index in [1.54, 1.807) is 6.07 Å². The van der Waals surface area contributed by atoms with Crippen LogP contribution in [-0.4, -0.2) is 22.5 Å². The molecule has 2 rings (SSSR count). The van der Waals surface area contributed by atoms with E-state index >= 15 is 0 Å². The van der Waals surface area contributed by atoms with Gasteiger partial charge in [-0.2, -0.15) is 0 Å². The number of pyridine rings is 1. The summed E-state index contributed by atoms with van der Waals surface area (Å²) in [5, 5.41) is 9.69. The predicted octanol–water partition coefficient (Wildman–Crippen LogP) is 2.19. The fraction of sp³-hybridized carbons (Fsp3) is 0.231. The van der Waals surface area contributed by atoms with Crippen LogP contribution in [0.1, 0.15) is 23.3 Å². The van der Waals surface area contributed by atoms with Gasteiger partial charge in [0.05, 0.1) is 5.52 Å². The predicted molar refractivity (Wildman–Crippen MR) is 62.4 cm³/mol. The van der Waals surface area contributed by atoms with Crippen molar-refractivity contribution in [1.82, 2.24) is 4.98 Å². The number of aromatic nitrogens is 1. The van der Waals surface area contributed by atoms with Crippen LogP contribution in [0.3, 0.4) is 0 Å². The Kier molecular flexibility index (Phi) is 3.27. The average Bonchev–Trinajstić information content (AvgIpc) is 2.35. The fourth-order valence-corrected chi connectivity index (χ4v) is 1.59. The molecule has 0 aliphatic heterocycles. The van der Waals surface area contributed by atoms with E-state index in [4.69, 9.17) is 5.11 Å². The first-order chi connectivity index (χ1) is 7.81. The summed E-state index contributed by atoms with van der Waals surface area (Å²) in [5.74, 6) is -0.0141. The minimum atomic E-state index is -0.0141. The molecule has 3 nitrogen and oxygen atoms in total. The van der Waals surface area contributed by atoms with Crippen LogP contribution in [-0.2, 0) is 0 Å². The molecule has 1 heterocycles. The van der Waals surface area contributed by atoms with E-state index in [0.29, 0.717) is 18.5 Å². The number of fused-ring (bicyclic) bond motifs is 1. The van der Waals surface area contributed by atoms with Gasteiger partial charge in [-0.25, -0.2) is 4.98 Å². The molecule has 82 valence electrons. The van der Waals surface area contributed by atoms with Gasteiger partial charge in [-0.1, -0.05) is 24.3 Å². The molecule has 2 aromatic rings. The van der Waals surface area contributed by atoms with Crippen molar-refractivity contribution in [2.45, 2.75) is 12.8 Å². The van der Waals surface area contributed by atoms with Crippen molar-refractivity contribution in [1.29, 1.82) is 0 Å². The molecule has 3 heteroatoms. The summed E-state index contributed by atoms with van der Waals surface area (Å²) >= 11 is 0. The minimum absolute atomic E-state index is 0.0141. The maximum absolute atomic E-state index is 11.7. The maximum Gasteiger partial charge on any atom is 0.181 e. The van der Waals surface area contributed by atoms with Gasteiger partial charge in [-0.15, -0.1) is 0 Å². The number of ketones is 1. The third-order valence-electron chi connectivity index (χ3n) is 2.45. The molecule has 1 aromatic heterocycles. The van der Waals surface area contributed by atoms with Gasteiger partial charge in [-0.3, -0.25) is 4.79 Å². The molecule has 0 saturated carbocycles. The summed E-state index contributed by atoms with van der Waals surface area (Å²) in [6.07, 6.45) is 0.842. The molecule has 16 heavy (non-hydrogen) atoms. The third-order valence-corrected chi connectivity index (χ3v) is 2.45. The lowest BCUT2D eigenvalue weighted by atomic mass is 10.1. The summed E-state index contributed by atoms with van der Waals surface area (Å²) in [6, 6.07) is 11.3. The zero-order valence-electron chi connectivity index (χ0n) is 8.89. The van der Waals surface area contributed by atoms with E-state index in [9.17, 15) is 4.79 Å². The number of benzene rings is 1. The van der Waals surface area contributed by atoms with Crippen LogP contribution in [0, 0.1) is 0 Å². The molecule has 1 N–H and O–H groups in total. The number of para-hydroxylation sites is 1. The van der Waals surface area contributed by atoms with Crippen molar-refractivity contribution in [3.05, 3.63) is 42.1 Å². The van der Waals surface area contributed by atoms with E-state index in [1.165, 1.54) is 0 Å². The topological polar surface area (TPSA) is 50.2 Å². The van der Waals surface area contributed by atoms with E-state index in [0.717, 1.165) is 10.9 Å². The van der Waals surface area contributed by atoms with Crippen molar-refractivity contribution in [3.8, 4) is 0 Å². The van der Waals surface area contributed by atoms with Crippen molar-refractivity contribution >= 4 is 16.7 Å². The van der Waals surface area contributed by atoms with E-state index in [1.807, 2.05) is 30.3 Å². The fourth-order valence-electron chi connectivity index (χ4n) is 1.59. The average molecular weight is 215 g/mol. The maximum atomic E-state index is 11.7. The highest BCUT2D eigenvalue weighted by molar-refractivity contribution is 5.96. The number of aliphatic hydroxyl groups is 1. The number of hydrogen-bond donors (Lipinski definition) is 1. The minimum Gasteiger partial charge on any atom is -0.396 e. The normalized spacial score (nSPS) is 10.6. The number of carbonyl (C=O) groups excluding carboxylic acids is 1. The number of carbonyl (C=O) groups is 1. The summed E-state index contributed by atoms with van der Waals surface area (Å²) in [4.78, 5) is 16.0. The first-order valence-electron chi connectivity index (χ1n) is 5.31. The highest BCUT2D eigenvalue weighted by Crippen LogP contribution is 2.13. The highest BCUT2D eigenvalue weighted by Gasteiger charge is 2.07. The summed E-state index contributed by atoms with van der Waals surface area (Å²) in [7, 11) is 0. The van der Waals surface area contributed by atoms with Crippen LogP contribution in [0.15, 0.2) is 36.4 Å². The van der Waals surface area contributed by atoms with Crippen LogP contribution >= 0.6 is 0 Å². The van der Waals surface area contributed by atoms with E-state index in [-0.39, 0.29) is 12.4 Å². The van der Waals surface area contributed by atoms with Gasteiger partial charge in [0, 0.05) is 18.4 Å². The largest absolute Gasteiger partial charge is 0.396 e. The Balaban J connectivity index is 2.28. The monoisotopic (exact) mass is 215 g/mol. The van der Waals surface area contributed by atoms with E-state index < -0.39 is 0 Å². The van der Waals surface area contributed by atoms with Gasteiger partial charge in [0.15, 0.2) is 5.78 Å². The molecule has 0 atom stereocenters. The van der Waals surface area contributed by atoms with Crippen molar-refractivity contribution in [3.63, 3.8) is 0 Å². The number of hydrogen-bond acceptors (Lipinski definition) is 3. The Morgan fingerprint density at radius 2 is 2.00 bits per heavy atom. The van der Waals surface area contributed by atoms with Crippen LogP contribution in [0.25, 0.3) is 10.9 Å². The first-order valence-corrected chi connectivity index (χ1v) is 5.31. The van der Waals surface area contributed by atoms with E-state index in [2.05, 4.69) is 4.98 Å². The Hall–Kier alpha value is -1.74. The molecule has 0 radical (unpaired) electrons. The molecular formula is C13H13NO2.